The van der Waals surface area contributed by atoms with Crippen LogP contribution in [0.5, 0.6) is 0 Å². The molecule has 1 rings (SSSR count). The second-order valence-corrected chi connectivity index (χ2v) is 2.39. The largest absolute Gasteiger partial charge is 0.545 e. The van der Waals surface area contributed by atoms with Crippen molar-refractivity contribution in [1.29, 1.82) is 5.26 Å². The first kappa shape index (κ1) is 9.01. The monoisotopic (exact) mass is 172 g/mol. The molecule has 3 heteroatoms. The number of hydrogen-bond donors (Lipinski definition) is 0. The highest BCUT2D eigenvalue weighted by Crippen LogP contribution is 2.04. The maximum atomic E-state index is 10.0. The van der Waals surface area contributed by atoms with Crippen molar-refractivity contribution in [2.45, 2.75) is 0 Å². The number of hydrogen-bond acceptors (Lipinski definition) is 3. The normalized spacial score (nSPS) is 9.77. The molecule has 0 radical (unpaired) electrons. The first-order valence-corrected chi connectivity index (χ1v) is 3.61. The molecule has 1 aromatic carbocycles. The van der Waals surface area contributed by atoms with Gasteiger partial charge < -0.3 is 9.90 Å². The Balaban J connectivity index is 2.82. The van der Waals surface area contributed by atoms with Crippen LogP contribution in [0.1, 0.15) is 11.1 Å². The predicted molar refractivity (Wildman–Crippen MR) is 45.2 cm³/mol. The van der Waals surface area contributed by atoms with Gasteiger partial charge in [0.1, 0.15) is 0 Å². The predicted octanol–water partition coefficient (Wildman–Crippen LogP) is 0.321. The number of nitriles is 1. The lowest BCUT2D eigenvalue weighted by molar-refractivity contribution is -0.297. The fourth-order valence-electron chi connectivity index (χ4n) is 0.833. The van der Waals surface area contributed by atoms with Gasteiger partial charge in [0.15, 0.2) is 0 Å². The molecule has 0 saturated heterocycles. The number of aliphatic carboxylic acids is 1. The summed E-state index contributed by atoms with van der Waals surface area (Å²) in [7, 11) is 0. The summed E-state index contributed by atoms with van der Waals surface area (Å²) in [5.41, 5.74) is 1.27. The van der Waals surface area contributed by atoms with E-state index in [0.29, 0.717) is 5.56 Å². The summed E-state index contributed by atoms with van der Waals surface area (Å²) in [4.78, 5) is 10.0. The number of benzene rings is 1. The van der Waals surface area contributed by atoms with E-state index in [0.717, 1.165) is 11.6 Å². The third kappa shape index (κ3) is 2.80. The van der Waals surface area contributed by atoms with Crippen LogP contribution in [0.3, 0.4) is 0 Å². The number of rotatable bonds is 2. The molecule has 0 aliphatic rings. The van der Waals surface area contributed by atoms with Crippen LogP contribution in [0.15, 0.2) is 30.3 Å². The van der Waals surface area contributed by atoms with Gasteiger partial charge >= 0.3 is 0 Å². The molecule has 0 atom stereocenters. The van der Waals surface area contributed by atoms with Crippen LogP contribution in [0.4, 0.5) is 0 Å². The summed E-state index contributed by atoms with van der Waals surface area (Å²) in [6.45, 7) is 0. The molecule has 0 amide bonds. The fourth-order valence-corrected chi connectivity index (χ4v) is 0.833. The average Bonchev–Trinajstić information content (AvgIpc) is 2.15. The van der Waals surface area contributed by atoms with Crippen LogP contribution in [0, 0.1) is 11.3 Å². The molecule has 1 aromatic rings. The molecule has 3 nitrogen and oxygen atoms in total. The van der Waals surface area contributed by atoms with E-state index in [1.165, 1.54) is 6.08 Å². The Hall–Kier alpha value is -2.08. The summed E-state index contributed by atoms with van der Waals surface area (Å²) in [5.74, 6) is -1.23. The van der Waals surface area contributed by atoms with E-state index in [4.69, 9.17) is 5.26 Å². The SMILES string of the molecule is N#Cc1ccc(/C=C/C(=O)[O-])cc1. The Labute approximate surface area is 75.5 Å². The lowest BCUT2D eigenvalue weighted by Gasteiger charge is -1.93. The minimum atomic E-state index is -1.23. The van der Waals surface area contributed by atoms with E-state index < -0.39 is 5.97 Å². The van der Waals surface area contributed by atoms with Crippen molar-refractivity contribution >= 4 is 12.0 Å². The van der Waals surface area contributed by atoms with E-state index in [9.17, 15) is 9.90 Å². The first-order valence-electron chi connectivity index (χ1n) is 3.61. The zero-order chi connectivity index (χ0) is 9.68. The van der Waals surface area contributed by atoms with E-state index >= 15 is 0 Å². The Morgan fingerprint density at radius 1 is 1.38 bits per heavy atom. The minimum Gasteiger partial charge on any atom is -0.545 e. The van der Waals surface area contributed by atoms with Crippen LogP contribution in [-0.2, 0) is 4.79 Å². The maximum absolute atomic E-state index is 10.0. The van der Waals surface area contributed by atoms with Crippen LogP contribution in [0.2, 0.25) is 0 Å². The molecule has 0 bridgehead atoms. The van der Waals surface area contributed by atoms with Gasteiger partial charge in [-0.1, -0.05) is 18.2 Å². The standard InChI is InChI=1S/C10H7NO2/c11-7-9-3-1-8(2-4-9)5-6-10(12)13/h1-6H,(H,12,13)/p-1/b6-5+. The van der Waals surface area contributed by atoms with Gasteiger partial charge in [-0.2, -0.15) is 5.26 Å². The highest BCUT2D eigenvalue weighted by molar-refractivity contribution is 5.83. The number of carbonyl (C=O) groups is 1. The molecule has 0 saturated carbocycles. The lowest BCUT2D eigenvalue weighted by Crippen LogP contribution is -2.18. The van der Waals surface area contributed by atoms with Gasteiger partial charge in [0.2, 0.25) is 0 Å². The zero-order valence-electron chi connectivity index (χ0n) is 6.73. The molecular weight excluding hydrogens is 166 g/mol. The van der Waals surface area contributed by atoms with Gasteiger partial charge in [0, 0.05) is 0 Å². The molecule has 0 unspecified atom stereocenters. The van der Waals surface area contributed by atoms with E-state index in [2.05, 4.69) is 0 Å². The smallest absolute Gasteiger partial charge is 0.0991 e. The Bertz CT molecular complexity index is 371. The molecule has 0 aromatic heterocycles. The molecule has 0 spiro atoms. The summed E-state index contributed by atoms with van der Waals surface area (Å²) in [5, 5.41) is 18.5. The Morgan fingerprint density at radius 2 is 2.00 bits per heavy atom. The fraction of sp³-hybridized carbons (Fsp3) is 0. The lowest BCUT2D eigenvalue weighted by atomic mass is 10.1. The molecule has 0 N–H and O–H groups in total. The topological polar surface area (TPSA) is 63.9 Å². The van der Waals surface area contributed by atoms with Gasteiger partial charge in [-0.05, 0) is 23.8 Å². The second-order valence-electron chi connectivity index (χ2n) is 2.39. The number of carboxylic acids is 1. The molecule has 0 aliphatic heterocycles. The van der Waals surface area contributed by atoms with Crippen molar-refractivity contribution in [3.63, 3.8) is 0 Å². The third-order valence-electron chi connectivity index (χ3n) is 1.45. The van der Waals surface area contributed by atoms with Crippen LogP contribution < -0.4 is 5.11 Å². The Morgan fingerprint density at radius 3 is 2.46 bits per heavy atom. The van der Waals surface area contributed by atoms with E-state index in [1.54, 1.807) is 24.3 Å². The van der Waals surface area contributed by atoms with Gasteiger partial charge in [-0.25, -0.2) is 0 Å². The van der Waals surface area contributed by atoms with Gasteiger partial charge in [0.25, 0.3) is 0 Å². The molecule has 0 heterocycles. The number of carboxylic acid groups (broad SMARTS) is 1. The highest BCUT2D eigenvalue weighted by atomic mass is 16.4. The van der Waals surface area contributed by atoms with Gasteiger partial charge in [-0.3, -0.25) is 0 Å². The molecule has 0 fully saturated rings. The summed E-state index contributed by atoms with van der Waals surface area (Å²) in [6.07, 6.45) is 2.36. The number of nitrogens with zero attached hydrogens (tertiary/aromatic N) is 1. The van der Waals surface area contributed by atoms with Crippen LogP contribution in [-0.4, -0.2) is 5.97 Å². The van der Waals surface area contributed by atoms with Crippen LogP contribution >= 0.6 is 0 Å². The molecule has 0 aliphatic carbocycles. The van der Waals surface area contributed by atoms with Gasteiger partial charge in [0.05, 0.1) is 17.6 Å². The van der Waals surface area contributed by atoms with Crippen molar-refractivity contribution in [2.75, 3.05) is 0 Å². The number of carbonyl (C=O) groups excluding carboxylic acids is 1. The summed E-state index contributed by atoms with van der Waals surface area (Å²) < 4.78 is 0. The highest BCUT2D eigenvalue weighted by Gasteiger charge is 1.88. The molecule has 64 valence electrons. The van der Waals surface area contributed by atoms with Crippen molar-refractivity contribution in [2.24, 2.45) is 0 Å². The van der Waals surface area contributed by atoms with Gasteiger partial charge in [-0.15, -0.1) is 0 Å². The van der Waals surface area contributed by atoms with Crippen molar-refractivity contribution < 1.29 is 9.90 Å². The Kier molecular flexibility index (Phi) is 2.82. The second kappa shape index (κ2) is 4.07. The molecular formula is C10H6NO2-. The maximum Gasteiger partial charge on any atom is 0.0991 e. The molecule has 13 heavy (non-hydrogen) atoms. The van der Waals surface area contributed by atoms with E-state index in [1.807, 2.05) is 6.07 Å². The first-order chi connectivity index (χ1) is 6.22. The quantitative estimate of drug-likeness (QED) is 0.603. The third-order valence-corrected chi connectivity index (χ3v) is 1.45. The van der Waals surface area contributed by atoms with Crippen molar-refractivity contribution in [1.82, 2.24) is 0 Å². The summed E-state index contributed by atoms with van der Waals surface area (Å²) in [6, 6.07) is 8.54. The van der Waals surface area contributed by atoms with E-state index in [-0.39, 0.29) is 0 Å². The zero-order valence-corrected chi connectivity index (χ0v) is 6.73. The minimum absolute atomic E-state index is 0.547. The van der Waals surface area contributed by atoms with Crippen molar-refractivity contribution in [3.8, 4) is 6.07 Å². The summed E-state index contributed by atoms with van der Waals surface area (Å²) >= 11 is 0. The average molecular weight is 172 g/mol. The van der Waals surface area contributed by atoms with Crippen LogP contribution in [0.25, 0.3) is 6.08 Å². The van der Waals surface area contributed by atoms with Crippen molar-refractivity contribution in [3.05, 3.63) is 41.5 Å².